The second-order valence-corrected chi connectivity index (χ2v) is 7.76. The summed E-state index contributed by atoms with van der Waals surface area (Å²) in [6.45, 7) is 5.86. The molecule has 3 N–H and O–H groups in total. The van der Waals surface area contributed by atoms with Crippen molar-refractivity contribution in [3.05, 3.63) is 58.3 Å². The van der Waals surface area contributed by atoms with E-state index in [4.69, 9.17) is 0 Å². The summed E-state index contributed by atoms with van der Waals surface area (Å²) in [7, 11) is 0. The number of nitrogens with one attached hydrogen (secondary N) is 2. The van der Waals surface area contributed by atoms with E-state index in [1.807, 2.05) is 23.8 Å². The van der Waals surface area contributed by atoms with Crippen LogP contribution < -0.4 is 10.6 Å². The van der Waals surface area contributed by atoms with E-state index in [0.29, 0.717) is 6.54 Å². The van der Waals surface area contributed by atoms with Gasteiger partial charge in [0.15, 0.2) is 5.96 Å². The van der Waals surface area contributed by atoms with Gasteiger partial charge in [0.25, 0.3) is 0 Å². The molecule has 0 radical (unpaired) electrons. The Bertz CT molecular complexity index is 697. The Morgan fingerprint density at radius 3 is 2.54 bits per heavy atom. The Kier molecular flexibility index (Phi) is 7.49. The minimum absolute atomic E-state index is 0. The zero-order chi connectivity index (χ0) is 17.8. The fourth-order valence-corrected chi connectivity index (χ4v) is 3.78. The van der Waals surface area contributed by atoms with Crippen LogP contribution in [0.4, 0.5) is 0 Å². The molecule has 1 saturated carbocycles. The van der Waals surface area contributed by atoms with Gasteiger partial charge in [-0.1, -0.05) is 30.3 Å². The van der Waals surface area contributed by atoms with Gasteiger partial charge in [-0.15, -0.1) is 24.0 Å². The molecule has 0 saturated heterocycles. The molecule has 0 amide bonds. The molecule has 4 nitrogen and oxygen atoms in total. The predicted octanol–water partition coefficient (Wildman–Crippen LogP) is 3.86. The number of nitrogens with zero attached hydrogens (tertiary/aromatic N) is 1. The molecule has 1 fully saturated rings. The minimum Gasteiger partial charge on any atom is -0.383 e. The molecule has 1 unspecified atom stereocenters. The van der Waals surface area contributed by atoms with Gasteiger partial charge in [-0.25, -0.2) is 4.99 Å². The Labute approximate surface area is 177 Å². The molecular formula is C20H28IN3OS. The summed E-state index contributed by atoms with van der Waals surface area (Å²) in [5.74, 6) is 0.764. The third-order valence-corrected chi connectivity index (χ3v) is 5.55. The van der Waals surface area contributed by atoms with Crippen molar-refractivity contribution in [3.63, 3.8) is 0 Å². The lowest BCUT2D eigenvalue weighted by Gasteiger charge is -2.22. The summed E-state index contributed by atoms with van der Waals surface area (Å²) >= 11 is 1.59. The van der Waals surface area contributed by atoms with Crippen LogP contribution >= 0.6 is 35.3 Å². The van der Waals surface area contributed by atoms with E-state index in [2.05, 4.69) is 52.9 Å². The van der Waals surface area contributed by atoms with Crippen molar-refractivity contribution in [1.29, 1.82) is 0 Å². The number of hydrogen-bond donors (Lipinski definition) is 3. The highest BCUT2D eigenvalue weighted by atomic mass is 127. The standard InChI is InChI=1S/C20H27N3OS.HI/c1-3-21-18(22-14-19(2,24)17-9-12-25-13-17)23-15-20(10-11-20)16-7-5-4-6-8-16;/h4-9,12-13,24H,3,10-11,14-15H2,1-2H3,(H2,21,22,23);1H. The maximum atomic E-state index is 10.7. The Hall–Kier alpha value is -1.12. The summed E-state index contributed by atoms with van der Waals surface area (Å²) in [5.41, 5.74) is 1.59. The van der Waals surface area contributed by atoms with Crippen molar-refractivity contribution in [3.8, 4) is 0 Å². The fourth-order valence-electron chi connectivity index (χ4n) is 3.00. The Balaban J connectivity index is 0.00000243. The van der Waals surface area contributed by atoms with Crippen LogP contribution in [0.25, 0.3) is 0 Å². The van der Waals surface area contributed by atoms with Crippen molar-refractivity contribution < 1.29 is 5.11 Å². The average molecular weight is 485 g/mol. The van der Waals surface area contributed by atoms with E-state index in [1.54, 1.807) is 11.3 Å². The molecule has 0 aliphatic heterocycles. The maximum Gasteiger partial charge on any atom is 0.191 e. The topological polar surface area (TPSA) is 56.7 Å². The molecule has 26 heavy (non-hydrogen) atoms. The molecule has 142 valence electrons. The van der Waals surface area contributed by atoms with Crippen LogP contribution in [0.15, 0.2) is 52.2 Å². The van der Waals surface area contributed by atoms with E-state index in [1.165, 1.54) is 18.4 Å². The number of hydrogen-bond acceptors (Lipinski definition) is 3. The lowest BCUT2D eigenvalue weighted by Crippen LogP contribution is -2.42. The lowest BCUT2D eigenvalue weighted by atomic mass is 9.96. The Morgan fingerprint density at radius 1 is 1.23 bits per heavy atom. The molecule has 6 heteroatoms. The highest BCUT2D eigenvalue weighted by Gasteiger charge is 2.44. The molecule has 2 aromatic rings. The monoisotopic (exact) mass is 485 g/mol. The molecule has 1 atom stereocenters. The summed E-state index contributed by atoms with van der Waals surface area (Å²) < 4.78 is 0. The zero-order valence-electron chi connectivity index (χ0n) is 15.4. The SMILES string of the molecule is CCNC(=NCC(C)(O)c1ccsc1)NCC1(c2ccccc2)CC1.I. The van der Waals surface area contributed by atoms with E-state index in [9.17, 15) is 5.11 Å². The summed E-state index contributed by atoms with van der Waals surface area (Å²) in [4.78, 5) is 4.61. The van der Waals surface area contributed by atoms with Crippen molar-refractivity contribution in [2.75, 3.05) is 19.6 Å². The summed E-state index contributed by atoms with van der Waals surface area (Å²) in [5, 5.41) is 21.4. The molecule has 1 aliphatic carbocycles. The number of halogens is 1. The van der Waals surface area contributed by atoms with Gasteiger partial charge in [-0.3, -0.25) is 0 Å². The molecule has 0 bridgehead atoms. The maximum absolute atomic E-state index is 10.7. The predicted molar refractivity (Wildman–Crippen MR) is 121 cm³/mol. The van der Waals surface area contributed by atoms with Gasteiger partial charge >= 0.3 is 0 Å². The van der Waals surface area contributed by atoms with Crippen LogP contribution in [0.1, 0.15) is 37.8 Å². The molecular weight excluding hydrogens is 457 g/mol. The van der Waals surface area contributed by atoms with Crippen LogP contribution in [-0.4, -0.2) is 30.7 Å². The van der Waals surface area contributed by atoms with Gasteiger partial charge in [0.1, 0.15) is 5.60 Å². The highest BCUT2D eigenvalue weighted by molar-refractivity contribution is 14.0. The number of benzene rings is 1. The fraction of sp³-hybridized carbons (Fsp3) is 0.450. The minimum atomic E-state index is -0.945. The van der Waals surface area contributed by atoms with E-state index < -0.39 is 5.60 Å². The number of rotatable bonds is 7. The summed E-state index contributed by atoms with van der Waals surface area (Å²) in [6, 6.07) is 12.6. The average Bonchev–Trinajstić information content (AvgIpc) is 3.20. The number of guanidine groups is 1. The molecule has 0 spiro atoms. The second kappa shape index (κ2) is 9.19. The third-order valence-electron chi connectivity index (χ3n) is 4.87. The normalized spacial score (nSPS) is 17.7. The number of aliphatic hydroxyl groups is 1. The van der Waals surface area contributed by atoms with E-state index in [-0.39, 0.29) is 29.4 Å². The van der Waals surface area contributed by atoms with Crippen LogP contribution in [-0.2, 0) is 11.0 Å². The first-order valence-corrected chi connectivity index (χ1v) is 9.83. The van der Waals surface area contributed by atoms with Gasteiger partial charge in [-0.05, 0) is 54.6 Å². The van der Waals surface area contributed by atoms with Gasteiger partial charge in [0.2, 0.25) is 0 Å². The van der Waals surface area contributed by atoms with Gasteiger partial charge in [0.05, 0.1) is 6.54 Å². The zero-order valence-corrected chi connectivity index (χ0v) is 18.5. The lowest BCUT2D eigenvalue weighted by molar-refractivity contribution is 0.0677. The van der Waals surface area contributed by atoms with Crippen molar-refractivity contribution >= 4 is 41.3 Å². The largest absolute Gasteiger partial charge is 0.383 e. The first-order chi connectivity index (χ1) is 12.1. The molecule has 1 aromatic carbocycles. The van der Waals surface area contributed by atoms with Crippen LogP contribution in [0, 0.1) is 0 Å². The molecule has 3 rings (SSSR count). The smallest absolute Gasteiger partial charge is 0.191 e. The second-order valence-electron chi connectivity index (χ2n) is 6.98. The number of aliphatic imine (C=N–C) groups is 1. The number of thiophene rings is 1. The van der Waals surface area contributed by atoms with Crippen LogP contribution in [0.5, 0.6) is 0 Å². The van der Waals surface area contributed by atoms with E-state index in [0.717, 1.165) is 24.6 Å². The molecule has 1 aliphatic rings. The van der Waals surface area contributed by atoms with Crippen molar-refractivity contribution in [2.24, 2.45) is 4.99 Å². The van der Waals surface area contributed by atoms with Crippen LogP contribution in [0.2, 0.25) is 0 Å². The van der Waals surface area contributed by atoms with Crippen molar-refractivity contribution in [2.45, 2.75) is 37.7 Å². The first kappa shape index (κ1) is 21.2. The van der Waals surface area contributed by atoms with Gasteiger partial charge in [-0.2, -0.15) is 11.3 Å². The first-order valence-electron chi connectivity index (χ1n) is 8.88. The van der Waals surface area contributed by atoms with Crippen LogP contribution in [0.3, 0.4) is 0 Å². The Morgan fingerprint density at radius 2 is 1.96 bits per heavy atom. The third kappa shape index (κ3) is 5.20. The quantitative estimate of drug-likeness (QED) is 0.317. The van der Waals surface area contributed by atoms with Gasteiger partial charge < -0.3 is 15.7 Å². The van der Waals surface area contributed by atoms with Crippen molar-refractivity contribution in [1.82, 2.24) is 10.6 Å². The highest BCUT2D eigenvalue weighted by Crippen LogP contribution is 2.47. The van der Waals surface area contributed by atoms with Gasteiger partial charge in [0, 0.05) is 18.5 Å². The van der Waals surface area contributed by atoms with E-state index >= 15 is 0 Å². The summed E-state index contributed by atoms with van der Waals surface area (Å²) in [6.07, 6.45) is 2.41. The molecule has 1 heterocycles. The molecule has 1 aromatic heterocycles.